The van der Waals surface area contributed by atoms with Gasteiger partial charge in [-0.1, -0.05) is 17.7 Å². The molecule has 0 saturated heterocycles. The molecule has 0 aliphatic carbocycles. The first-order valence-corrected chi connectivity index (χ1v) is 5.95. The van der Waals surface area contributed by atoms with Gasteiger partial charge in [-0.05, 0) is 56.2 Å². The first kappa shape index (κ1) is 12.2. The van der Waals surface area contributed by atoms with Crippen molar-refractivity contribution in [2.75, 3.05) is 5.32 Å². The summed E-state index contributed by atoms with van der Waals surface area (Å²) in [5, 5.41) is 12.2. The van der Waals surface area contributed by atoms with E-state index in [1.54, 1.807) is 0 Å². The summed E-state index contributed by atoms with van der Waals surface area (Å²) >= 11 is 0. The van der Waals surface area contributed by atoms with Gasteiger partial charge in [0.15, 0.2) is 0 Å². The first-order chi connectivity index (χ1) is 8.60. The number of benzene rings is 2. The van der Waals surface area contributed by atoms with Crippen molar-refractivity contribution < 1.29 is 0 Å². The van der Waals surface area contributed by atoms with Gasteiger partial charge in [0.05, 0.1) is 11.6 Å². The Morgan fingerprint density at radius 3 is 2.00 bits per heavy atom. The number of nitrogens with one attached hydrogen (secondary N) is 1. The summed E-state index contributed by atoms with van der Waals surface area (Å²) < 4.78 is 0. The molecule has 0 amide bonds. The van der Waals surface area contributed by atoms with Crippen LogP contribution in [0.4, 0.5) is 11.4 Å². The molecule has 90 valence electrons. The average molecular weight is 236 g/mol. The minimum absolute atomic E-state index is 0.679. The van der Waals surface area contributed by atoms with E-state index in [1.165, 1.54) is 16.7 Å². The van der Waals surface area contributed by atoms with E-state index in [1.807, 2.05) is 24.3 Å². The molecule has 2 aromatic carbocycles. The Hall–Kier alpha value is -2.27. The molecule has 0 atom stereocenters. The van der Waals surface area contributed by atoms with Crippen LogP contribution in [0.2, 0.25) is 0 Å². The quantitative estimate of drug-likeness (QED) is 0.847. The van der Waals surface area contributed by atoms with E-state index < -0.39 is 0 Å². The molecule has 0 aliphatic rings. The van der Waals surface area contributed by atoms with Crippen molar-refractivity contribution in [1.29, 1.82) is 5.26 Å². The van der Waals surface area contributed by atoms with Crippen molar-refractivity contribution in [1.82, 2.24) is 0 Å². The van der Waals surface area contributed by atoms with Crippen molar-refractivity contribution in [3.05, 3.63) is 58.7 Å². The summed E-state index contributed by atoms with van der Waals surface area (Å²) in [5.41, 5.74) is 6.57. The zero-order valence-electron chi connectivity index (χ0n) is 10.9. The second-order valence-corrected chi connectivity index (χ2v) is 4.59. The fraction of sp³-hybridized carbons (Fsp3) is 0.188. The summed E-state index contributed by atoms with van der Waals surface area (Å²) in [6.07, 6.45) is 0. The fourth-order valence-electron chi connectivity index (χ4n) is 2.15. The molecule has 0 aliphatic heterocycles. The van der Waals surface area contributed by atoms with Crippen LogP contribution in [0.5, 0.6) is 0 Å². The van der Waals surface area contributed by atoms with Crippen LogP contribution < -0.4 is 5.32 Å². The van der Waals surface area contributed by atoms with Crippen molar-refractivity contribution in [2.24, 2.45) is 0 Å². The van der Waals surface area contributed by atoms with E-state index in [4.69, 9.17) is 5.26 Å². The van der Waals surface area contributed by atoms with Crippen LogP contribution in [0.3, 0.4) is 0 Å². The zero-order chi connectivity index (χ0) is 13.1. The van der Waals surface area contributed by atoms with Crippen LogP contribution in [-0.4, -0.2) is 0 Å². The van der Waals surface area contributed by atoms with Gasteiger partial charge in [0.1, 0.15) is 0 Å². The fourth-order valence-corrected chi connectivity index (χ4v) is 2.15. The lowest BCUT2D eigenvalue weighted by Gasteiger charge is -2.13. The summed E-state index contributed by atoms with van der Waals surface area (Å²) in [6, 6.07) is 13.9. The molecular formula is C16H16N2. The van der Waals surface area contributed by atoms with E-state index in [0.717, 1.165) is 11.4 Å². The standard InChI is InChI=1S/C16H16N2/c1-11-8-12(2)16(13(3)9-11)18-15-6-4-14(10-17)5-7-15/h4-9,18H,1-3H3. The summed E-state index contributed by atoms with van der Waals surface area (Å²) in [4.78, 5) is 0. The molecule has 0 unspecified atom stereocenters. The van der Waals surface area contributed by atoms with E-state index >= 15 is 0 Å². The zero-order valence-corrected chi connectivity index (χ0v) is 10.9. The first-order valence-electron chi connectivity index (χ1n) is 5.95. The van der Waals surface area contributed by atoms with Crippen LogP contribution in [0.1, 0.15) is 22.3 Å². The lowest BCUT2D eigenvalue weighted by atomic mass is 10.0. The molecular weight excluding hydrogens is 220 g/mol. The number of hydrogen-bond donors (Lipinski definition) is 1. The molecule has 0 spiro atoms. The SMILES string of the molecule is Cc1cc(C)c(Nc2ccc(C#N)cc2)c(C)c1. The van der Waals surface area contributed by atoms with Crippen LogP contribution in [0.15, 0.2) is 36.4 Å². The number of anilines is 2. The van der Waals surface area contributed by atoms with Crippen molar-refractivity contribution in [3.63, 3.8) is 0 Å². The van der Waals surface area contributed by atoms with E-state index in [-0.39, 0.29) is 0 Å². The van der Waals surface area contributed by atoms with Crippen LogP contribution >= 0.6 is 0 Å². The Morgan fingerprint density at radius 1 is 0.944 bits per heavy atom. The summed E-state index contributed by atoms with van der Waals surface area (Å²) in [6.45, 7) is 6.31. The minimum Gasteiger partial charge on any atom is -0.355 e. The Balaban J connectivity index is 2.31. The highest BCUT2D eigenvalue weighted by Gasteiger charge is 2.04. The monoisotopic (exact) mass is 236 g/mol. The van der Waals surface area contributed by atoms with Crippen molar-refractivity contribution in [3.8, 4) is 6.07 Å². The van der Waals surface area contributed by atoms with Gasteiger partial charge >= 0.3 is 0 Å². The normalized spacial score (nSPS) is 9.89. The third-order valence-electron chi connectivity index (χ3n) is 2.96. The van der Waals surface area contributed by atoms with Crippen LogP contribution in [0, 0.1) is 32.1 Å². The number of aryl methyl sites for hydroxylation is 3. The molecule has 2 nitrogen and oxygen atoms in total. The van der Waals surface area contributed by atoms with Crippen LogP contribution in [0.25, 0.3) is 0 Å². The topological polar surface area (TPSA) is 35.8 Å². The van der Waals surface area contributed by atoms with E-state index in [9.17, 15) is 0 Å². The second kappa shape index (κ2) is 4.93. The Kier molecular flexibility index (Phi) is 3.34. The van der Waals surface area contributed by atoms with Gasteiger partial charge in [-0.3, -0.25) is 0 Å². The lowest BCUT2D eigenvalue weighted by Crippen LogP contribution is -1.97. The molecule has 2 rings (SSSR count). The van der Waals surface area contributed by atoms with Gasteiger partial charge in [0.25, 0.3) is 0 Å². The molecule has 2 aromatic rings. The predicted octanol–water partition coefficient (Wildman–Crippen LogP) is 4.23. The maximum Gasteiger partial charge on any atom is 0.0991 e. The highest BCUT2D eigenvalue weighted by atomic mass is 14.9. The maximum atomic E-state index is 8.77. The summed E-state index contributed by atoms with van der Waals surface area (Å²) in [5.74, 6) is 0. The van der Waals surface area contributed by atoms with Gasteiger partial charge in [-0.25, -0.2) is 0 Å². The third kappa shape index (κ3) is 2.52. The molecule has 0 aromatic heterocycles. The Morgan fingerprint density at radius 2 is 1.50 bits per heavy atom. The largest absolute Gasteiger partial charge is 0.355 e. The number of hydrogen-bond acceptors (Lipinski definition) is 2. The highest BCUT2D eigenvalue weighted by molar-refractivity contribution is 5.67. The molecule has 0 fully saturated rings. The predicted molar refractivity (Wildman–Crippen MR) is 75.1 cm³/mol. The molecule has 0 heterocycles. The van der Waals surface area contributed by atoms with Crippen LogP contribution in [-0.2, 0) is 0 Å². The van der Waals surface area contributed by atoms with E-state index in [2.05, 4.69) is 44.3 Å². The van der Waals surface area contributed by atoms with Gasteiger partial charge in [0.2, 0.25) is 0 Å². The van der Waals surface area contributed by atoms with Crippen molar-refractivity contribution in [2.45, 2.75) is 20.8 Å². The number of rotatable bonds is 2. The molecule has 0 saturated carbocycles. The lowest BCUT2D eigenvalue weighted by molar-refractivity contribution is 1.31. The molecule has 0 radical (unpaired) electrons. The van der Waals surface area contributed by atoms with Gasteiger partial charge in [0, 0.05) is 11.4 Å². The molecule has 18 heavy (non-hydrogen) atoms. The molecule has 1 N–H and O–H groups in total. The molecule has 0 bridgehead atoms. The third-order valence-corrected chi connectivity index (χ3v) is 2.96. The number of nitrogens with zero attached hydrogens (tertiary/aromatic N) is 1. The van der Waals surface area contributed by atoms with Gasteiger partial charge in [-0.15, -0.1) is 0 Å². The highest BCUT2D eigenvalue weighted by Crippen LogP contribution is 2.25. The Labute approximate surface area is 108 Å². The van der Waals surface area contributed by atoms with Gasteiger partial charge in [-0.2, -0.15) is 5.26 Å². The smallest absolute Gasteiger partial charge is 0.0991 e. The second-order valence-electron chi connectivity index (χ2n) is 4.59. The average Bonchev–Trinajstić information content (AvgIpc) is 2.34. The minimum atomic E-state index is 0.679. The maximum absolute atomic E-state index is 8.77. The Bertz CT molecular complexity index is 581. The van der Waals surface area contributed by atoms with Crippen molar-refractivity contribution >= 4 is 11.4 Å². The number of nitriles is 1. The molecule has 2 heteroatoms. The van der Waals surface area contributed by atoms with Gasteiger partial charge < -0.3 is 5.32 Å². The van der Waals surface area contributed by atoms with E-state index in [0.29, 0.717) is 5.56 Å². The summed E-state index contributed by atoms with van der Waals surface area (Å²) in [7, 11) is 0.